The normalized spacial score (nSPS) is 29.8. The SMILES string of the molecule is C=CC(=O)[C@@H]1OC(C)(C)O[C@H]1[C@H](O)C(=C)C. The highest BCUT2D eigenvalue weighted by Gasteiger charge is 2.47. The van der Waals surface area contributed by atoms with Crippen molar-refractivity contribution in [3.63, 3.8) is 0 Å². The topological polar surface area (TPSA) is 55.8 Å². The Kier molecular flexibility index (Phi) is 3.68. The molecule has 90 valence electrons. The number of aliphatic hydroxyl groups is 1. The van der Waals surface area contributed by atoms with Gasteiger partial charge in [-0.3, -0.25) is 4.79 Å². The smallest absolute Gasteiger partial charge is 0.186 e. The van der Waals surface area contributed by atoms with E-state index in [1.165, 1.54) is 6.08 Å². The molecular weight excluding hydrogens is 208 g/mol. The first-order valence-electron chi connectivity index (χ1n) is 5.14. The first-order chi connectivity index (χ1) is 7.28. The summed E-state index contributed by atoms with van der Waals surface area (Å²) in [5, 5.41) is 9.88. The van der Waals surface area contributed by atoms with Gasteiger partial charge in [-0.1, -0.05) is 13.2 Å². The van der Waals surface area contributed by atoms with Crippen molar-refractivity contribution in [1.29, 1.82) is 0 Å². The molecule has 1 rings (SSSR count). The molecule has 1 saturated heterocycles. The highest BCUT2D eigenvalue weighted by molar-refractivity contribution is 5.93. The molecule has 0 spiro atoms. The lowest BCUT2D eigenvalue weighted by Gasteiger charge is -2.21. The number of carbonyl (C=O) groups is 1. The van der Waals surface area contributed by atoms with Crippen LogP contribution in [0.5, 0.6) is 0 Å². The lowest BCUT2D eigenvalue weighted by Crippen LogP contribution is -2.39. The zero-order chi connectivity index (χ0) is 12.5. The molecule has 16 heavy (non-hydrogen) atoms. The van der Waals surface area contributed by atoms with Gasteiger partial charge >= 0.3 is 0 Å². The quantitative estimate of drug-likeness (QED) is 0.578. The third-order valence-corrected chi connectivity index (χ3v) is 2.43. The molecular formula is C12H18O4. The van der Waals surface area contributed by atoms with Crippen molar-refractivity contribution < 1.29 is 19.4 Å². The Balaban J connectivity index is 2.92. The molecule has 4 heteroatoms. The highest BCUT2D eigenvalue weighted by atomic mass is 16.8. The van der Waals surface area contributed by atoms with E-state index in [4.69, 9.17) is 9.47 Å². The van der Waals surface area contributed by atoms with Crippen LogP contribution < -0.4 is 0 Å². The van der Waals surface area contributed by atoms with Crippen molar-refractivity contribution in [2.75, 3.05) is 0 Å². The van der Waals surface area contributed by atoms with Gasteiger partial charge in [-0.15, -0.1) is 0 Å². The van der Waals surface area contributed by atoms with E-state index in [1.807, 2.05) is 0 Å². The summed E-state index contributed by atoms with van der Waals surface area (Å²) in [6.45, 7) is 12.1. The van der Waals surface area contributed by atoms with Gasteiger partial charge in [-0.2, -0.15) is 0 Å². The van der Waals surface area contributed by atoms with Gasteiger partial charge in [0, 0.05) is 0 Å². The highest BCUT2D eigenvalue weighted by Crippen LogP contribution is 2.32. The molecule has 1 N–H and O–H groups in total. The minimum Gasteiger partial charge on any atom is -0.386 e. The largest absolute Gasteiger partial charge is 0.386 e. The Morgan fingerprint density at radius 2 is 2.06 bits per heavy atom. The van der Waals surface area contributed by atoms with Gasteiger partial charge in [0.05, 0.1) is 0 Å². The second kappa shape index (κ2) is 4.49. The lowest BCUT2D eigenvalue weighted by atomic mass is 10.00. The fraction of sp³-hybridized carbons (Fsp3) is 0.583. The van der Waals surface area contributed by atoms with Crippen LogP contribution in [0.3, 0.4) is 0 Å². The Morgan fingerprint density at radius 3 is 2.50 bits per heavy atom. The summed E-state index contributed by atoms with van der Waals surface area (Å²) >= 11 is 0. The van der Waals surface area contributed by atoms with Gasteiger partial charge in [0.1, 0.15) is 12.2 Å². The number of carbonyl (C=O) groups excluding carboxylic acids is 1. The molecule has 3 atom stereocenters. The molecule has 1 heterocycles. The van der Waals surface area contributed by atoms with Crippen LogP contribution in [0.25, 0.3) is 0 Å². The van der Waals surface area contributed by atoms with E-state index in [1.54, 1.807) is 20.8 Å². The van der Waals surface area contributed by atoms with Crippen LogP contribution in [0.4, 0.5) is 0 Å². The van der Waals surface area contributed by atoms with Crippen LogP contribution in [-0.2, 0) is 14.3 Å². The van der Waals surface area contributed by atoms with Crippen molar-refractivity contribution >= 4 is 5.78 Å². The van der Waals surface area contributed by atoms with Crippen molar-refractivity contribution in [2.24, 2.45) is 0 Å². The van der Waals surface area contributed by atoms with Crippen LogP contribution in [0.2, 0.25) is 0 Å². The maximum absolute atomic E-state index is 11.6. The number of hydrogen-bond donors (Lipinski definition) is 1. The minimum absolute atomic E-state index is 0.295. The van der Waals surface area contributed by atoms with E-state index in [0.717, 1.165) is 0 Å². The van der Waals surface area contributed by atoms with Crippen LogP contribution in [0, 0.1) is 0 Å². The Hall–Kier alpha value is -0.970. The van der Waals surface area contributed by atoms with Crippen molar-refractivity contribution in [3.8, 4) is 0 Å². The van der Waals surface area contributed by atoms with Gasteiger partial charge in [-0.25, -0.2) is 0 Å². The van der Waals surface area contributed by atoms with Crippen LogP contribution in [0.15, 0.2) is 24.8 Å². The summed E-state index contributed by atoms with van der Waals surface area (Å²) in [5.74, 6) is -1.18. The zero-order valence-corrected chi connectivity index (χ0v) is 9.90. The monoisotopic (exact) mass is 226 g/mol. The predicted octanol–water partition coefficient (Wildman–Crippen LogP) is 1.20. The maximum atomic E-state index is 11.6. The van der Waals surface area contributed by atoms with Crippen LogP contribution in [0.1, 0.15) is 20.8 Å². The first-order valence-corrected chi connectivity index (χ1v) is 5.14. The predicted molar refractivity (Wildman–Crippen MR) is 59.8 cm³/mol. The average molecular weight is 226 g/mol. The van der Waals surface area contributed by atoms with E-state index in [9.17, 15) is 9.90 Å². The van der Waals surface area contributed by atoms with Gasteiger partial charge in [0.15, 0.2) is 17.7 Å². The molecule has 0 saturated carbocycles. The van der Waals surface area contributed by atoms with Gasteiger partial charge in [0.2, 0.25) is 0 Å². The fourth-order valence-corrected chi connectivity index (χ4v) is 1.64. The number of ether oxygens (including phenoxy) is 2. The molecule has 4 nitrogen and oxygen atoms in total. The Bertz CT molecular complexity index is 319. The van der Waals surface area contributed by atoms with E-state index >= 15 is 0 Å². The van der Waals surface area contributed by atoms with E-state index in [2.05, 4.69) is 13.2 Å². The van der Waals surface area contributed by atoms with Crippen molar-refractivity contribution in [1.82, 2.24) is 0 Å². The Morgan fingerprint density at radius 1 is 1.50 bits per heavy atom. The second-order valence-corrected chi connectivity index (χ2v) is 4.42. The first kappa shape index (κ1) is 13.1. The average Bonchev–Trinajstić information content (AvgIpc) is 2.52. The van der Waals surface area contributed by atoms with Gasteiger partial charge in [-0.05, 0) is 32.4 Å². The standard InChI is InChI=1S/C12H18O4/c1-6-8(13)10-11(9(14)7(2)3)16-12(4,5)15-10/h6,9-11,14H,1-2H2,3-5H3/t9-,10+,11+/m1/s1. The molecule has 0 amide bonds. The number of ketones is 1. The summed E-state index contributed by atoms with van der Waals surface area (Å²) < 4.78 is 10.9. The third-order valence-electron chi connectivity index (χ3n) is 2.43. The Labute approximate surface area is 95.6 Å². The number of hydrogen-bond acceptors (Lipinski definition) is 4. The molecule has 0 bridgehead atoms. The number of aliphatic hydroxyl groups excluding tert-OH is 1. The van der Waals surface area contributed by atoms with Crippen LogP contribution >= 0.6 is 0 Å². The van der Waals surface area contributed by atoms with Crippen molar-refractivity contribution in [3.05, 3.63) is 24.8 Å². The fourth-order valence-electron chi connectivity index (χ4n) is 1.64. The summed E-state index contributed by atoms with van der Waals surface area (Å²) in [5.41, 5.74) is 0.535. The summed E-state index contributed by atoms with van der Waals surface area (Å²) in [6.07, 6.45) is -1.29. The molecule has 0 aromatic carbocycles. The molecule has 0 unspecified atom stereocenters. The molecule has 1 aliphatic heterocycles. The zero-order valence-electron chi connectivity index (χ0n) is 9.90. The summed E-state index contributed by atoms with van der Waals surface area (Å²) in [6, 6.07) is 0. The van der Waals surface area contributed by atoms with E-state index in [-0.39, 0.29) is 5.78 Å². The lowest BCUT2D eigenvalue weighted by molar-refractivity contribution is -0.156. The molecule has 0 radical (unpaired) electrons. The molecule has 0 aliphatic carbocycles. The van der Waals surface area contributed by atoms with Gasteiger partial charge < -0.3 is 14.6 Å². The molecule has 0 aromatic heterocycles. The van der Waals surface area contributed by atoms with E-state index < -0.39 is 24.1 Å². The summed E-state index contributed by atoms with van der Waals surface area (Å²) in [4.78, 5) is 11.6. The molecule has 1 fully saturated rings. The minimum atomic E-state index is -0.921. The molecule has 1 aliphatic rings. The molecule has 0 aromatic rings. The maximum Gasteiger partial charge on any atom is 0.186 e. The van der Waals surface area contributed by atoms with E-state index in [0.29, 0.717) is 5.57 Å². The van der Waals surface area contributed by atoms with Crippen molar-refractivity contribution in [2.45, 2.75) is 44.9 Å². The third kappa shape index (κ3) is 2.58. The summed E-state index contributed by atoms with van der Waals surface area (Å²) in [7, 11) is 0. The van der Waals surface area contributed by atoms with Crippen LogP contribution in [-0.4, -0.2) is 35.0 Å². The van der Waals surface area contributed by atoms with Gasteiger partial charge in [0.25, 0.3) is 0 Å². The second-order valence-electron chi connectivity index (χ2n) is 4.42. The number of rotatable bonds is 4.